The van der Waals surface area contributed by atoms with E-state index < -0.39 is 5.60 Å². The van der Waals surface area contributed by atoms with Crippen LogP contribution in [0.3, 0.4) is 0 Å². The minimum absolute atomic E-state index is 0.0758. The number of aliphatic hydroxyl groups is 1. The van der Waals surface area contributed by atoms with Crippen molar-refractivity contribution >= 4 is 0 Å². The smallest absolute Gasteiger partial charge is 0.0913 e. The Bertz CT molecular complexity index is 225. The van der Waals surface area contributed by atoms with E-state index >= 15 is 0 Å². The predicted octanol–water partition coefficient (Wildman–Crippen LogP) is 2.67. The van der Waals surface area contributed by atoms with Crippen LogP contribution >= 0.6 is 0 Å². The highest BCUT2D eigenvalue weighted by Gasteiger charge is 2.51. The van der Waals surface area contributed by atoms with Crippen LogP contribution in [0.2, 0.25) is 0 Å². The van der Waals surface area contributed by atoms with Gasteiger partial charge in [-0.25, -0.2) is 0 Å². The average molecular weight is 166 g/mol. The highest BCUT2D eigenvalue weighted by molar-refractivity contribution is 5.23. The first-order chi connectivity index (χ1) is 5.43. The molecule has 1 aliphatic rings. The second-order valence-electron chi connectivity index (χ2n) is 4.27. The first-order valence-corrected chi connectivity index (χ1v) is 4.45. The largest absolute Gasteiger partial charge is 0.385 e. The van der Waals surface area contributed by atoms with Crippen LogP contribution in [0.4, 0.5) is 0 Å². The van der Waals surface area contributed by atoms with Gasteiger partial charge in [0, 0.05) is 5.41 Å². The Morgan fingerprint density at radius 2 is 2.00 bits per heavy atom. The molecule has 2 unspecified atom stereocenters. The van der Waals surface area contributed by atoms with Gasteiger partial charge in [0.15, 0.2) is 0 Å². The van der Waals surface area contributed by atoms with E-state index in [1.165, 1.54) is 5.57 Å². The summed E-state index contributed by atoms with van der Waals surface area (Å²) < 4.78 is 0. The quantitative estimate of drug-likeness (QED) is 0.625. The van der Waals surface area contributed by atoms with Crippen molar-refractivity contribution < 1.29 is 5.11 Å². The molecular formula is C11H18O. The van der Waals surface area contributed by atoms with Crippen molar-refractivity contribution in [2.24, 2.45) is 5.41 Å². The summed E-state index contributed by atoms with van der Waals surface area (Å²) in [6.45, 7) is 9.89. The molecule has 1 fully saturated rings. The van der Waals surface area contributed by atoms with Gasteiger partial charge in [-0.15, -0.1) is 6.58 Å². The normalized spacial score (nSPS) is 40.0. The molecule has 1 nitrogen and oxygen atoms in total. The molecule has 1 saturated carbocycles. The first kappa shape index (κ1) is 9.53. The van der Waals surface area contributed by atoms with E-state index in [1.807, 2.05) is 0 Å². The van der Waals surface area contributed by atoms with Crippen LogP contribution < -0.4 is 0 Å². The molecule has 1 rings (SSSR count). The van der Waals surface area contributed by atoms with Crippen molar-refractivity contribution in [2.45, 2.75) is 39.2 Å². The van der Waals surface area contributed by atoms with Gasteiger partial charge in [-0.2, -0.15) is 0 Å². The summed E-state index contributed by atoms with van der Waals surface area (Å²) in [5, 5.41) is 10.0. The zero-order chi connectivity index (χ0) is 9.41. The van der Waals surface area contributed by atoms with Crippen LogP contribution in [-0.4, -0.2) is 10.7 Å². The molecule has 0 amide bonds. The summed E-state index contributed by atoms with van der Waals surface area (Å²) >= 11 is 0. The zero-order valence-electron chi connectivity index (χ0n) is 8.22. The first-order valence-electron chi connectivity index (χ1n) is 4.45. The molecule has 1 aliphatic carbocycles. The summed E-state index contributed by atoms with van der Waals surface area (Å²) in [7, 11) is 0. The Labute approximate surface area is 74.8 Å². The minimum atomic E-state index is -0.662. The standard InChI is InChI=1S/C11H18O/c1-5-11(12)7-6-10(11,4)8-9(2)3/h5,8,12H,1,6-7H2,2-4H3. The molecule has 12 heavy (non-hydrogen) atoms. The Hall–Kier alpha value is -0.560. The van der Waals surface area contributed by atoms with Crippen LogP contribution in [0.1, 0.15) is 33.6 Å². The van der Waals surface area contributed by atoms with Crippen LogP contribution in [0, 0.1) is 5.41 Å². The number of rotatable bonds is 2. The Morgan fingerprint density at radius 3 is 2.25 bits per heavy atom. The lowest BCUT2D eigenvalue weighted by Gasteiger charge is -2.51. The molecule has 0 spiro atoms. The molecule has 1 N–H and O–H groups in total. The lowest BCUT2D eigenvalue weighted by Crippen LogP contribution is -2.52. The van der Waals surface area contributed by atoms with Crippen molar-refractivity contribution in [3.63, 3.8) is 0 Å². The number of hydrogen-bond donors (Lipinski definition) is 1. The van der Waals surface area contributed by atoms with Crippen molar-refractivity contribution in [1.29, 1.82) is 0 Å². The summed E-state index contributed by atoms with van der Waals surface area (Å²) in [6.07, 6.45) is 5.73. The number of hydrogen-bond acceptors (Lipinski definition) is 1. The van der Waals surface area contributed by atoms with Gasteiger partial charge in [-0.3, -0.25) is 0 Å². The van der Waals surface area contributed by atoms with E-state index in [-0.39, 0.29) is 5.41 Å². The monoisotopic (exact) mass is 166 g/mol. The fourth-order valence-corrected chi connectivity index (χ4v) is 1.94. The summed E-state index contributed by atoms with van der Waals surface area (Å²) in [6, 6.07) is 0. The van der Waals surface area contributed by atoms with Gasteiger partial charge >= 0.3 is 0 Å². The van der Waals surface area contributed by atoms with Gasteiger partial charge in [0.25, 0.3) is 0 Å². The van der Waals surface area contributed by atoms with Crippen LogP contribution in [0.5, 0.6) is 0 Å². The molecule has 0 heterocycles. The van der Waals surface area contributed by atoms with E-state index in [0.29, 0.717) is 0 Å². The highest BCUT2D eigenvalue weighted by Crippen LogP contribution is 2.51. The third-order valence-corrected chi connectivity index (χ3v) is 2.96. The van der Waals surface area contributed by atoms with E-state index in [4.69, 9.17) is 0 Å². The third kappa shape index (κ3) is 1.22. The van der Waals surface area contributed by atoms with Gasteiger partial charge in [0.2, 0.25) is 0 Å². The van der Waals surface area contributed by atoms with Crippen molar-refractivity contribution in [3.8, 4) is 0 Å². The van der Waals surface area contributed by atoms with Gasteiger partial charge in [-0.1, -0.05) is 24.6 Å². The predicted molar refractivity (Wildman–Crippen MR) is 51.9 cm³/mol. The Balaban J connectivity index is 2.87. The van der Waals surface area contributed by atoms with Crippen LogP contribution in [-0.2, 0) is 0 Å². The van der Waals surface area contributed by atoms with Crippen molar-refractivity contribution in [3.05, 3.63) is 24.3 Å². The second kappa shape index (κ2) is 2.74. The molecule has 68 valence electrons. The highest BCUT2D eigenvalue weighted by atomic mass is 16.3. The van der Waals surface area contributed by atoms with E-state index in [0.717, 1.165) is 12.8 Å². The summed E-state index contributed by atoms with van der Waals surface area (Å²) in [5.41, 5.74) is 0.523. The Kier molecular flexibility index (Phi) is 2.17. The molecule has 1 heteroatoms. The van der Waals surface area contributed by atoms with Crippen molar-refractivity contribution in [2.75, 3.05) is 0 Å². The molecule has 2 atom stereocenters. The molecule has 0 radical (unpaired) electrons. The number of allylic oxidation sites excluding steroid dienone is 1. The summed E-state index contributed by atoms with van der Waals surface area (Å²) in [5.74, 6) is 0. The SMILES string of the molecule is C=CC1(O)CCC1(C)C=C(C)C. The fraction of sp³-hybridized carbons (Fsp3) is 0.636. The maximum absolute atomic E-state index is 10.0. The molecule has 0 aromatic heterocycles. The zero-order valence-corrected chi connectivity index (χ0v) is 8.22. The van der Waals surface area contributed by atoms with Gasteiger partial charge in [-0.05, 0) is 26.7 Å². The van der Waals surface area contributed by atoms with E-state index in [2.05, 4.69) is 33.4 Å². The van der Waals surface area contributed by atoms with E-state index in [1.54, 1.807) is 6.08 Å². The minimum Gasteiger partial charge on any atom is -0.385 e. The third-order valence-electron chi connectivity index (χ3n) is 2.96. The lowest BCUT2D eigenvalue weighted by molar-refractivity contribution is -0.0903. The molecule has 0 aliphatic heterocycles. The van der Waals surface area contributed by atoms with E-state index in [9.17, 15) is 5.11 Å². The summed E-state index contributed by atoms with van der Waals surface area (Å²) in [4.78, 5) is 0. The van der Waals surface area contributed by atoms with Crippen LogP contribution in [0.15, 0.2) is 24.3 Å². The lowest BCUT2D eigenvalue weighted by atomic mass is 9.57. The molecule has 0 aromatic rings. The maximum Gasteiger partial charge on any atom is 0.0913 e. The average Bonchev–Trinajstić information content (AvgIpc) is 2.00. The van der Waals surface area contributed by atoms with Gasteiger partial charge in [0.1, 0.15) is 0 Å². The Morgan fingerprint density at radius 1 is 1.42 bits per heavy atom. The topological polar surface area (TPSA) is 20.2 Å². The van der Waals surface area contributed by atoms with Gasteiger partial charge < -0.3 is 5.11 Å². The fourth-order valence-electron chi connectivity index (χ4n) is 1.94. The molecular weight excluding hydrogens is 148 g/mol. The molecule has 0 aromatic carbocycles. The molecule has 0 bridgehead atoms. The van der Waals surface area contributed by atoms with Crippen molar-refractivity contribution in [1.82, 2.24) is 0 Å². The van der Waals surface area contributed by atoms with Crippen LogP contribution in [0.25, 0.3) is 0 Å². The molecule has 0 saturated heterocycles. The second-order valence-corrected chi connectivity index (χ2v) is 4.27. The maximum atomic E-state index is 10.0. The van der Waals surface area contributed by atoms with Gasteiger partial charge in [0.05, 0.1) is 5.60 Å².